The third kappa shape index (κ3) is 2.58. The Bertz CT molecular complexity index is 277. The maximum absolute atomic E-state index is 11.4. The van der Waals surface area contributed by atoms with Gasteiger partial charge in [-0.1, -0.05) is 6.08 Å². The average molecular weight is 197 g/mol. The quantitative estimate of drug-likeness (QED) is 0.649. The Morgan fingerprint density at radius 3 is 2.43 bits per heavy atom. The van der Waals surface area contributed by atoms with Gasteiger partial charge in [-0.3, -0.25) is 0 Å². The zero-order chi connectivity index (χ0) is 11.0. The molecule has 0 saturated heterocycles. The van der Waals surface area contributed by atoms with Crippen LogP contribution in [0.15, 0.2) is 11.6 Å². The summed E-state index contributed by atoms with van der Waals surface area (Å²) in [6, 6.07) is 0. The zero-order valence-corrected chi connectivity index (χ0v) is 9.60. The van der Waals surface area contributed by atoms with Crippen LogP contribution >= 0.6 is 0 Å². The minimum Gasteiger partial charge on any atom is -0.466 e. The first kappa shape index (κ1) is 11.2. The van der Waals surface area contributed by atoms with Gasteiger partial charge in [0.05, 0.1) is 7.11 Å². The lowest BCUT2D eigenvalue weighted by atomic mass is 9.83. The van der Waals surface area contributed by atoms with E-state index in [-0.39, 0.29) is 17.0 Å². The Balaban J connectivity index is 2.96. The van der Waals surface area contributed by atoms with Crippen LogP contribution in [-0.4, -0.2) is 24.2 Å². The number of carbonyl (C=O) groups is 1. The van der Waals surface area contributed by atoms with Gasteiger partial charge in [-0.15, -0.1) is 0 Å². The SMILES string of the molecule is COC(=O)C1=CC(C)(C)NC(C)(C)C1. The number of hydrogen-bond donors (Lipinski definition) is 1. The molecule has 0 saturated carbocycles. The van der Waals surface area contributed by atoms with Crippen LogP contribution in [0.4, 0.5) is 0 Å². The topological polar surface area (TPSA) is 38.3 Å². The van der Waals surface area contributed by atoms with E-state index < -0.39 is 0 Å². The highest BCUT2D eigenvalue weighted by Crippen LogP contribution is 2.27. The van der Waals surface area contributed by atoms with Gasteiger partial charge in [-0.2, -0.15) is 0 Å². The van der Waals surface area contributed by atoms with E-state index in [1.54, 1.807) is 0 Å². The van der Waals surface area contributed by atoms with E-state index in [2.05, 4.69) is 33.0 Å². The normalized spacial score (nSPS) is 23.9. The molecule has 1 N–H and O–H groups in total. The number of hydrogen-bond acceptors (Lipinski definition) is 3. The van der Waals surface area contributed by atoms with Crippen molar-refractivity contribution in [2.24, 2.45) is 0 Å². The predicted octanol–water partition coefficient (Wildman–Crippen LogP) is 1.64. The van der Waals surface area contributed by atoms with Crippen molar-refractivity contribution in [3.05, 3.63) is 11.6 Å². The standard InChI is InChI=1S/C11H19NO2/c1-10(2)6-8(9(13)14-5)7-11(3,4)12-10/h6,12H,7H2,1-5H3. The zero-order valence-electron chi connectivity index (χ0n) is 9.60. The molecule has 80 valence electrons. The van der Waals surface area contributed by atoms with Crippen molar-refractivity contribution in [3.63, 3.8) is 0 Å². The Morgan fingerprint density at radius 1 is 1.43 bits per heavy atom. The van der Waals surface area contributed by atoms with Gasteiger partial charge in [0, 0.05) is 16.7 Å². The van der Waals surface area contributed by atoms with Gasteiger partial charge in [0.25, 0.3) is 0 Å². The van der Waals surface area contributed by atoms with Crippen molar-refractivity contribution in [2.75, 3.05) is 7.11 Å². The van der Waals surface area contributed by atoms with Crippen molar-refractivity contribution >= 4 is 5.97 Å². The highest BCUT2D eigenvalue weighted by Gasteiger charge is 2.34. The lowest BCUT2D eigenvalue weighted by Gasteiger charge is -2.40. The Kier molecular flexibility index (Phi) is 2.72. The molecule has 0 unspecified atom stereocenters. The number of esters is 1. The third-order valence-corrected chi connectivity index (χ3v) is 2.28. The summed E-state index contributed by atoms with van der Waals surface area (Å²) in [7, 11) is 1.42. The van der Waals surface area contributed by atoms with E-state index in [0.717, 1.165) is 5.57 Å². The number of rotatable bonds is 1. The molecule has 1 heterocycles. The van der Waals surface area contributed by atoms with E-state index >= 15 is 0 Å². The molecule has 0 spiro atoms. The van der Waals surface area contributed by atoms with E-state index in [4.69, 9.17) is 4.74 Å². The van der Waals surface area contributed by atoms with Crippen LogP contribution in [0.5, 0.6) is 0 Å². The van der Waals surface area contributed by atoms with Crippen molar-refractivity contribution in [2.45, 2.75) is 45.2 Å². The van der Waals surface area contributed by atoms with Gasteiger partial charge < -0.3 is 10.1 Å². The molecule has 14 heavy (non-hydrogen) atoms. The molecule has 3 nitrogen and oxygen atoms in total. The second kappa shape index (κ2) is 3.39. The third-order valence-electron chi connectivity index (χ3n) is 2.28. The first-order valence-electron chi connectivity index (χ1n) is 4.85. The molecular weight excluding hydrogens is 178 g/mol. The molecule has 0 aromatic rings. The average Bonchev–Trinajstić information content (AvgIpc) is 1.97. The summed E-state index contributed by atoms with van der Waals surface area (Å²) in [5.74, 6) is -0.215. The van der Waals surface area contributed by atoms with Crippen LogP contribution in [0, 0.1) is 0 Å². The van der Waals surface area contributed by atoms with Crippen molar-refractivity contribution in [3.8, 4) is 0 Å². The second-order valence-electron chi connectivity index (χ2n) is 5.07. The molecule has 3 heteroatoms. The summed E-state index contributed by atoms with van der Waals surface area (Å²) in [6.07, 6.45) is 2.66. The number of methoxy groups -OCH3 is 1. The molecule has 1 aliphatic heterocycles. The van der Waals surface area contributed by atoms with E-state index in [0.29, 0.717) is 6.42 Å². The molecule has 0 amide bonds. The van der Waals surface area contributed by atoms with Crippen LogP contribution in [0.3, 0.4) is 0 Å². The molecular formula is C11H19NO2. The Hall–Kier alpha value is -0.830. The molecule has 0 aromatic heterocycles. The summed E-state index contributed by atoms with van der Waals surface area (Å²) in [5, 5.41) is 3.46. The summed E-state index contributed by atoms with van der Waals surface area (Å²) in [5.41, 5.74) is 0.564. The fourth-order valence-electron chi connectivity index (χ4n) is 2.18. The smallest absolute Gasteiger partial charge is 0.333 e. The van der Waals surface area contributed by atoms with Crippen LogP contribution < -0.4 is 5.32 Å². The van der Waals surface area contributed by atoms with Gasteiger partial charge in [0.1, 0.15) is 0 Å². The van der Waals surface area contributed by atoms with E-state index in [9.17, 15) is 4.79 Å². The predicted molar refractivity (Wildman–Crippen MR) is 56.0 cm³/mol. The lowest BCUT2D eigenvalue weighted by molar-refractivity contribution is -0.136. The lowest BCUT2D eigenvalue weighted by Crippen LogP contribution is -2.54. The number of nitrogens with one attached hydrogen (secondary N) is 1. The molecule has 0 bridgehead atoms. The van der Waals surface area contributed by atoms with Gasteiger partial charge in [-0.25, -0.2) is 4.79 Å². The fraction of sp³-hybridized carbons (Fsp3) is 0.727. The van der Waals surface area contributed by atoms with Crippen molar-refractivity contribution in [1.82, 2.24) is 5.32 Å². The molecule has 0 atom stereocenters. The van der Waals surface area contributed by atoms with E-state index in [1.165, 1.54) is 7.11 Å². The first-order chi connectivity index (χ1) is 6.26. The highest BCUT2D eigenvalue weighted by molar-refractivity contribution is 5.89. The number of ether oxygens (including phenoxy) is 1. The maximum atomic E-state index is 11.4. The minimum absolute atomic E-state index is 0.0538. The Labute approximate surface area is 85.5 Å². The second-order valence-corrected chi connectivity index (χ2v) is 5.07. The van der Waals surface area contributed by atoms with Gasteiger partial charge in [0.15, 0.2) is 0 Å². The van der Waals surface area contributed by atoms with Crippen molar-refractivity contribution < 1.29 is 9.53 Å². The number of carbonyl (C=O) groups excluding carboxylic acids is 1. The van der Waals surface area contributed by atoms with Crippen LogP contribution in [0.2, 0.25) is 0 Å². The monoisotopic (exact) mass is 197 g/mol. The summed E-state index contributed by atoms with van der Waals surface area (Å²) in [4.78, 5) is 11.4. The molecule has 1 rings (SSSR count). The molecule has 0 aliphatic carbocycles. The summed E-state index contributed by atoms with van der Waals surface area (Å²) < 4.78 is 4.74. The van der Waals surface area contributed by atoms with Gasteiger partial charge >= 0.3 is 5.97 Å². The summed E-state index contributed by atoms with van der Waals surface area (Å²) >= 11 is 0. The first-order valence-corrected chi connectivity index (χ1v) is 4.85. The summed E-state index contributed by atoms with van der Waals surface area (Å²) in [6.45, 7) is 8.28. The largest absolute Gasteiger partial charge is 0.466 e. The van der Waals surface area contributed by atoms with Crippen LogP contribution in [-0.2, 0) is 9.53 Å². The van der Waals surface area contributed by atoms with Gasteiger partial charge in [0.2, 0.25) is 0 Å². The van der Waals surface area contributed by atoms with Gasteiger partial charge in [-0.05, 0) is 34.1 Å². The Morgan fingerprint density at radius 2 is 2.00 bits per heavy atom. The molecule has 0 radical (unpaired) electrons. The highest BCUT2D eigenvalue weighted by atomic mass is 16.5. The molecule has 1 aliphatic rings. The minimum atomic E-state index is -0.215. The van der Waals surface area contributed by atoms with E-state index in [1.807, 2.05) is 6.08 Å². The van der Waals surface area contributed by atoms with Crippen LogP contribution in [0.25, 0.3) is 0 Å². The molecule has 0 aromatic carbocycles. The fourth-order valence-corrected chi connectivity index (χ4v) is 2.18. The van der Waals surface area contributed by atoms with Crippen molar-refractivity contribution in [1.29, 1.82) is 0 Å². The van der Waals surface area contributed by atoms with Crippen LogP contribution in [0.1, 0.15) is 34.1 Å². The molecule has 0 fully saturated rings. The maximum Gasteiger partial charge on any atom is 0.333 e.